The molecule has 2 saturated carbocycles. The number of aromatic nitrogens is 3. The Labute approximate surface area is 173 Å². The third kappa shape index (κ3) is 2.79. The molecule has 3 aliphatic rings. The number of nitrogens with zero attached hydrogens (tertiary/aromatic N) is 4. The van der Waals surface area contributed by atoms with Gasteiger partial charge in [0, 0.05) is 54.3 Å². The fourth-order valence-corrected chi connectivity index (χ4v) is 5.34. The number of alkyl halides is 2. The second-order valence-corrected chi connectivity index (χ2v) is 9.21. The maximum Gasteiger partial charge on any atom is 0.254 e. The largest absolute Gasteiger partial charge is 0.324 e. The van der Waals surface area contributed by atoms with E-state index < -0.39 is 11.3 Å². The molecule has 1 spiro atoms. The van der Waals surface area contributed by atoms with E-state index in [1.807, 2.05) is 12.1 Å². The standard InChI is InChI=1S/C23H23F2N5/c1-30-11-16-2-3-18(8-17(16)12-30)28-21-27-10-15-5-7-26-19(20(15)29-21)14-4-6-22(9-14)13-23(22,24)25/h2-3,5,7-8,10,14H,4,6,9,11-13H2,1H3,(H,27,28,29). The van der Waals surface area contributed by atoms with E-state index in [4.69, 9.17) is 4.98 Å². The third-order valence-electron chi connectivity index (χ3n) is 7.08. The van der Waals surface area contributed by atoms with E-state index in [0.29, 0.717) is 18.8 Å². The molecule has 3 aromatic rings. The van der Waals surface area contributed by atoms with Gasteiger partial charge in [0.2, 0.25) is 5.95 Å². The van der Waals surface area contributed by atoms with Crippen LogP contribution in [0.25, 0.3) is 10.9 Å². The van der Waals surface area contributed by atoms with Crippen LogP contribution in [0, 0.1) is 5.41 Å². The first kappa shape index (κ1) is 18.1. The lowest BCUT2D eigenvalue weighted by atomic mass is 9.98. The fraction of sp³-hybridized carbons (Fsp3) is 0.435. The van der Waals surface area contributed by atoms with Crippen molar-refractivity contribution >= 4 is 22.5 Å². The minimum atomic E-state index is -2.50. The van der Waals surface area contributed by atoms with Crippen molar-refractivity contribution in [3.05, 3.63) is 53.5 Å². The predicted molar refractivity (Wildman–Crippen MR) is 111 cm³/mol. The highest BCUT2D eigenvalue weighted by Crippen LogP contribution is 2.71. The van der Waals surface area contributed by atoms with E-state index in [9.17, 15) is 8.78 Å². The molecule has 6 rings (SSSR count). The Kier molecular flexibility index (Phi) is 3.73. The second-order valence-electron chi connectivity index (χ2n) is 9.21. The van der Waals surface area contributed by atoms with E-state index in [0.717, 1.165) is 41.8 Å². The first-order valence-electron chi connectivity index (χ1n) is 10.5. The molecule has 2 fully saturated rings. The van der Waals surface area contributed by atoms with Gasteiger partial charge in [-0.25, -0.2) is 18.7 Å². The molecule has 0 saturated heterocycles. The topological polar surface area (TPSA) is 53.9 Å². The Balaban J connectivity index is 1.31. The number of pyridine rings is 1. The number of fused-ring (bicyclic) bond motifs is 2. The molecule has 2 aliphatic carbocycles. The van der Waals surface area contributed by atoms with Crippen molar-refractivity contribution in [2.45, 2.75) is 50.6 Å². The molecule has 2 aromatic heterocycles. The van der Waals surface area contributed by atoms with Crippen LogP contribution in [0.5, 0.6) is 0 Å². The summed E-state index contributed by atoms with van der Waals surface area (Å²) in [6.45, 7) is 1.91. The Bertz CT molecular complexity index is 1160. The van der Waals surface area contributed by atoms with Gasteiger partial charge in [-0.3, -0.25) is 9.88 Å². The number of nitrogens with one attached hydrogen (secondary N) is 1. The molecular weight excluding hydrogens is 384 g/mol. The minimum absolute atomic E-state index is 0.0244. The highest BCUT2D eigenvalue weighted by atomic mass is 19.3. The van der Waals surface area contributed by atoms with Gasteiger partial charge >= 0.3 is 0 Å². The van der Waals surface area contributed by atoms with Gasteiger partial charge in [0.05, 0.1) is 11.2 Å². The van der Waals surface area contributed by atoms with E-state index in [-0.39, 0.29) is 12.3 Å². The molecule has 30 heavy (non-hydrogen) atoms. The van der Waals surface area contributed by atoms with Crippen molar-refractivity contribution < 1.29 is 8.78 Å². The Morgan fingerprint density at radius 1 is 1.13 bits per heavy atom. The van der Waals surface area contributed by atoms with Gasteiger partial charge in [-0.1, -0.05) is 6.07 Å². The van der Waals surface area contributed by atoms with Crippen LogP contribution in [0.1, 0.15) is 48.4 Å². The molecular formula is C23H23F2N5. The molecule has 5 nitrogen and oxygen atoms in total. The van der Waals surface area contributed by atoms with Gasteiger partial charge in [0.1, 0.15) is 0 Å². The summed E-state index contributed by atoms with van der Waals surface area (Å²) in [4.78, 5) is 16.0. The molecule has 0 bridgehead atoms. The summed E-state index contributed by atoms with van der Waals surface area (Å²) in [5, 5.41) is 4.20. The minimum Gasteiger partial charge on any atom is -0.324 e. The lowest BCUT2D eigenvalue weighted by molar-refractivity contribution is 0.0654. The van der Waals surface area contributed by atoms with Crippen molar-refractivity contribution in [2.24, 2.45) is 5.41 Å². The molecule has 2 unspecified atom stereocenters. The van der Waals surface area contributed by atoms with Crippen LogP contribution in [0.15, 0.2) is 36.7 Å². The number of halogens is 2. The average Bonchev–Trinajstić information content (AvgIpc) is 3.04. The van der Waals surface area contributed by atoms with Gasteiger partial charge in [-0.05, 0) is 55.6 Å². The maximum absolute atomic E-state index is 13.9. The van der Waals surface area contributed by atoms with Gasteiger partial charge in [-0.2, -0.15) is 0 Å². The van der Waals surface area contributed by atoms with Gasteiger partial charge in [-0.15, -0.1) is 0 Å². The van der Waals surface area contributed by atoms with Crippen LogP contribution in [-0.2, 0) is 13.1 Å². The second kappa shape index (κ2) is 6.17. The fourth-order valence-electron chi connectivity index (χ4n) is 5.34. The number of hydrogen-bond donors (Lipinski definition) is 1. The Morgan fingerprint density at radius 3 is 2.77 bits per heavy atom. The Morgan fingerprint density at radius 2 is 1.97 bits per heavy atom. The van der Waals surface area contributed by atoms with Gasteiger partial charge in [0.15, 0.2) is 0 Å². The number of rotatable bonds is 3. The normalized spacial score (nSPS) is 27.0. The predicted octanol–water partition coefficient (Wildman–Crippen LogP) is 5.01. The van der Waals surface area contributed by atoms with E-state index in [1.54, 1.807) is 12.4 Å². The van der Waals surface area contributed by atoms with Crippen LogP contribution in [-0.4, -0.2) is 32.8 Å². The lowest BCUT2D eigenvalue weighted by Gasteiger charge is -2.13. The van der Waals surface area contributed by atoms with Crippen LogP contribution in [0.2, 0.25) is 0 Å². The summed E-state index contributed by atoms with van der Waals surface area (Å²) >= 11 is 0. The van der Waals surface area contributed by atoms with Gasteiger partial charge < -0.3 is 5.32 Å². The molecule has 1 aliphatic heterocycles. The monoisotopic (exact) mass is 407 g/mol. The zero-order chi connectivity index (χ0) is 20.5. The summed E-state index contributed by atoms with van der Waals surface area (Å²) in [5.74, 6) is -1.97. The van der Waals surface area contributed by atoms with Crippen molar-refractivity contribution in [2.75, 3.05) is 12.4 Å². The van der Waals surface area contributed by atoms with Crippen molar-refractivity contribution in [1.29, 1.82) is 0 Å². The molecule has 1 aromatic carbocycles. The molecule has 2 atom stereocenters. The average molecular weight is 407 g/mol. The van der Waals surface area contributed by atoms with Crippen molar-refractivity contribution in [3.63, 3.8) is 0 Å². The zero-order valence-corrected chi connectivity index (χ0v) is 16.8. The lowest BCUT2D eigenvalue weighted by Crippen LogP contribution is -2.08. The van der Waals surface area contributed by atoms with Crippen LogP contribution < -0.4 is 5.32 Å². The van der Waals surface area contributed by atoms with Crippen LogP contribution >= 0.6 is 0 Å². The summed E-state index contributed by atoms with van der Waals surface area (Å²) in [7, 11) is 2.11. The summed E-state index contributed by atoms with van der Waals surface area (Å²) in [5.41, 5.74) is 4.40. The number of anilines is 2. The highest BCUT2D eigenvalue weighted by Gasteiger charge is 2.72. The summed E-state index contributed by atoms with van der Waals surface area (Å²) in [6.07, 6.45) is 5.36. The van der Waals surface area contributed by atoms with E-state index >= 15 is 0 Å². The summed E-state index contributed by atoms with van der Waals surface area (Å²) in [6, 6.07) is 8.21. The smallest absolute Gasteiger partial charge is 0.254 e. The van der Waals surface area contributed by atoms with Crippen LogP contribution in [0.3, 0.4) is 0 Å². The van der Waals surface area contributed by atoms with E-state index in [1.165, 1.54) is 11.1 Å². The van der Waals surface area contributed by atoms with E-state index in [2.05, 4.69) is 39.4 Å². The van der Waals surface area contributed by atoms with Crippen molar-refractivity contribution in [1.82, 2.24) is 19.9 Å². The molecule has 3 heterocycles. The number of hydrogen-bond acceptors (Lipinski definition) is 5. The first-order valence-corrected chi connectivity index (χ1v) is 10.5. The molecule has 7 heteroatoms. The third-order valence-corrected chi connectivity index (χ3v) is 7.08. The Hall–Kier alpha value is -2.67. The maximum atomic E-state index is 13.9. The summed E-state index contributed by atoms with van der Waals surface area (Å²) < 4.78 is 27.7. The zero-order valence-electron chi connectivity index (χ0n) is 16.8. The van der Waals surface area contributed by atoms with Crippen molar-refractivity contribution in [3.8, 4) is 0 Å². The number of benzene rings is 1. The quantitative estimate of drug-likeness (QED) is 0.662. The molecule has 0 amide bonds. The molecule has 154 valence electrons. The first-order chi connectivity index (χ1) is 14.4. The molecule has 1 N–H and O–H groups in total. The highest BCUT2D eigenvalue weighted by molar-refractivity contribution is 5.81. The van der Waals surface area contributed by atoms with Gasteiger partial charge in [0.25, 0.3) is 5.92 Å². The SMILES string of the molecule is CN1Cc2ccc(Nc3ncc4ccnc(C5CCC6(C5)CC6(F)F)c4n3)cc2C1. The molecule has 0 radical (unpaired) electrons. The van der Waals surface area contributed by atoms with Crippen LogP contribution in [0.4, 0.5) is 20.4 Å².